The molecule has 8 heteroatoms. The van der Waals surface area contributed by atoms with Crippen LogP contribution in [0.25, 0.3) is 10.9 Å². The highest BCUT2D eigenvalue weighted by atomic mass is 35.5. The number of nitrogens with zero attached hydrogens (tertiary/aromatic N) is 1. The Hall–Kier alpha value is -3.03. The lowest BCUT2D eigenvalue weighted by Crippen LogP contribution is -2.47. The number of halogens is 1. The second kappa shape index (κ2) is 6.85. The first-order valence-corrected chi connectivity index (χ1v) is 8.92. The minimum Gasteiger partial charge on any atom is -0.456 e. The molecule has 7 nitrogen and oxygen atoms in total. The van der Waals surface area contributed by atoms with Crippen LogP contribution in [-0.2, 0) is 25.5 Å². The predicted octanol–water partition coefficient (Wildman–Crippen LogP) is 3.47. The molecule has 1 aliphatic rings. The number of nitrogens with one attached hydrogen (secondary N) is 1. The molecular weight excluding hydrogens is 384 g/mol. The van der Waals surface area contributed by atoms with Gasteiger partial charge < -0.3 is 19.2 Å². The van der Waals surface area contributed by atoms with Crippen LogP contribution in [0.4, 0.5) is 0 Å². The van der Waals surface area contributed by atoms with Gasteiger partial charge in [0.05, 0.1) is 11.4 Å². The number of H-pyrrole nitrogens is 1. The van der Waals surface area contributed by atoms with Crippen molar-refractivity contribution in [2.75, 3.05) is 14.1 Å². The number of carbonyl (C=O) groups excluding carboxylic acids is 2. The van der Waals surface area contributed by atoms with Gasteiger partial charge in [-0.1, -0.05) is 29.8 Å². The molecule has 0 spiro atoms. The van der Waals surface area contributed by atoms with Crippen molar-refractivity contribution < 1.29 is 23.8 Å². The Kier molecular flexibility index (Phi) is 4.49. The number of fused-ring (bicyclic) bond motifs is 1. The number of ether oxygens (including phenoxy) is 3. The Morgan fingerprint density at radius 2 is 1.75 bits per heavy atom. The van der Waals surface area contributed by atoms with Gasteiger partial charge in [-0.05, 0) is 43.9 Å². The summed E-state index contributed by atoms with van der Waals surface area (Å²) < 4.78 is 16.4. The van der Waals surface area contributed by atoms with Crippen molar-refractivity contribution in [1.82, 2.24) is 9.88 Å². The molecule has 28 heavy (non-hydrogen) atoms. The van der Waals surface area contributed by atoms with Crippen LogP contribution in [0.3, 0.4) is 0 Å². The predicted molar refractivity (Wildman–Crippen MR) is 102 cm³/mol. The number of carbonyl (C=O) groups is 2. The Labute approximate surface area is 165 Å². The maximum atomic E-state index is 11.6. The zero-order valence-corrected chi connectivity index (χ0v) is 15.9. The molecule has 1 fully saturated rings. The molecule has 2 aromatic carbocycles. The van der Waals surface area contributed by atoms with Crippen LogP contribution < -0.4 is 4.74 Å². The van der Waals surface area contributed by atoms with Gasteiger partial charge in [-0.15, -0.1) is 0 Å². The maximum Gasteiger partial charge on any atom is 0.421 e. The van der Waals surface area contributed by atoms with Crippen LogP contribution in [-0.4, -0.2) is 41.8 Å². The highest BCUT2D eigenvalue weighted by Gasteiger charge is 2.51. The minimum absolute atomic E-state index is 0.103. The minimum atomic E-state index is -1.52. The summed E-state index contributed by atoms with van der Waals surface area (Å²) in [7, 11) is 3.32. The number of hydrogen-bond donors (Lipinski definition) is 1. The molecule has 1 aliphatic heterocycles. The SMILES string of the molecule is CN(C)C1(Cc2c[nH]c3ccc(Oc4ccccc4)c(Cl)c23)OC(=O)C(=O)O1. The second-order valence-corrected chi connectivity index (χ2v) is 6.97. The average Bonchev–Trinajstić information content (AvgIpc) is 3.20. The van der Waals surface area contributed by atoms with Crippen molar-refractivity contribution in [2.45, 2.75) is 12.3 Å². The number of rotatable bonds is 5. The van der Waals surface area contributed by atoms with Crippen LogP contribution in [0.2, 0.25) is 5.02 Å². The molecule has 1 saturated heterocycles. The van der Waals surface area contributed by atoms with E-state index in [9.17, 15) is 9.59 Å². The van der Waals surface area contributed by atoms with Crippen LogP contribution in [0.1, 0.15) is 5.56 Å². The van der Waals surface area contributed by atoms with Crippen molar-refractivity contribution >= 4 is 34.4 Å². The normalized spacial score (nSPS) is 15.7. The zero-order valence-electron chi connectivity index (χ0n) is 15.2. The first kappa shape index (κ1) is 18.3. The van der Waals surface area contributed by atoms with Gasteiger partial charge in [0.1, 0.15) is 11.5 Å². The topological polar surface area (TPSA) is 80.9 Å². The summed E-state index contributed by atoms with van der Waals surface area (Å²) in [6.07, 6.45) is 1.85. The number of hydrogen-bond acceptors (Lipinski definition) is 6. The van der Waals surface area contributed by atoms with E-state index in [0.29, 0.717) is 21.9 Å². The lowest BCUT2D eigenvalue weighted by molar-refractivity contribution is -0.236. The monoisotopic (exact) mass is 400 g/mol. The van der Waals surface area contributed by atoms with Gasteiger partial charge >= 0.3 is 17.8 Å². The van der Waals surface area contributed by atoms with Gasteiger partial charge in [-0.2, -0.15) is 0 Å². The van der Waals surface area contributed by atoms with Crippen molar-refractivity contribution in [3.8, 4) is 11.5 Å². The number of cyclic esters (lactones) is 2. The van der Waals surface area contributed by atoms with Crippen molar-refractivity contribution in [1.29, 1.82) is 0 Å². The van der Waals surface area contributed by atoms with Gasteiger partial charge in [0, 0.05) is 17.1 Å². The molecule has 0 bridgehead atoms. The molecule has 0 amide bonds. The molecule has 0 saturated carbocycles. The summed E-state index contributed by atoms with van der Waals surface area (Å²) in [4.78, 5) is 27.9. The summed E-state index contributed by atoms with van der Waals surface area (Å²) >= 11 is 6.63. The van der Waals surface area contributed by atoms with E-state index in [1.54, 1.807) is 26.4 Å². The molecule has 3 aromatic rings. The highest BCUT2D eigenvalue weighted by Crippen LogP contribution is 2.39. The van der Waals surface area contributed by atoms with E-state index < -0.39 is 17.8 Å². The molecule has 1 N–H and O–H groups in total. The molecule has 0 atom stereocenters. The van der Waals surface area contributed by atoms with E-state index in [2.05, 4.69) is 4.98 Å². The molecular formula is C20H17ClN2O5. The third kappa shape index (κ3) is 3.08. The molecule has 0 unspecified atom stereocenters. The molecule has 1 aromatic heterocycles. The standard InChI is InChI=1S/C20H17ClN2O5/c1-23(2)20(27-18(24)19(25)28-20)10-12-11-22-14-8-9-15(17(21)16(12)14)26-13-6-4-3-5-7-13/h3-9,11,22H,10H2,1-2H3. The van der Waals surface area contributed by atoms with Crippen LogP contribution in [0.15, 0.2) is 48.7 Å². The number of benzene rings is 2. The van der Waals surface area contributed by atoms with Crippen molar-refractivity contribution in [3.63, 3.8) is 0 Å². The smallest absolute Gasteiger partial charge is 0.421 e. The average molecular weight is 401 g/mol. The summed E-state index contributed by atoms with van der Waals surface area (Å²) in [5, 5.41) is 1.11. The number of aromatic amines is 1. The quantitative estimate of drug-likeness (QED) is 0.521. The van der Waals surface area contributed by atoms with E-state index in [-0.39, 0.29) is 6.42 Å². The summed E-state index contributed by atoms with van der Waals surface area (Å²) in [6, 6.07) is 12.9. The molecule has 144 valence electrons. The first-order chi connectivity index (χ1) is 13.4. The van der Waals surface area contributed by atoms with Crippen molar-refractivity contribution in [3.05, 3.63) is 59.2 Å². The van der Waals surface area contributed by atoms with Gasteiger partial charge in [-0.25, -0.2) is 14.5 Å². The van der Waals surface area contributed by atoms with Crippen LogP contribution >= 0.6 is 11.6 Å². The first-order valence-electron chi connectivity index (χ1n) is 8.55. The van der Waals surface area contributed by atoms with E-state index in [4.69, 9.17) is 25.8 Å². The highest BCUT2D eigenvalue weighted by molar-refractivity contribution is 6.37. The number of likely N-dealkylation sites (N-methyl/N-ethyl adjacent to an activating group) is 1. The lowest BCUT2D eigenvalue weighted by Gasteiger charge is -2.31. The van der Waals surface area contributed by atoms with Crippen molar-refractivity contribution in [2.24, 2.45) is 0 Å². The Bertz CT molecular complexity index is 1050. The van der Waals surface area contributed by atoms with E-state index in [0.717, 1.165) is 11.1 Å². The molecule has 4 rings (SSSR count). The van der Waals surface area contributed by atoms with Gasteiger partial charge in [0.25, 0.3) is 0 Å². The van der Waals surface area contributed by atoms with E-state index in [1.165, 1.54) is 4.90 Å². The van der Waals surface area contributed by atoms with E-state index in [1.807, 2.05) is 36.4 Å². The fourth-order valence-corrected chi connectivity index (χ4v) is 3.43. The Morgan fingerprint density at radius 1 is 1.07 bits per heavy atom. The Balaban J connectivity index is 1.73. The largest absolute Gasteiger partial charge is 0.456 e. The van der Waals surface area contributed by atoms with Gasteiger partial charge in [-0.3, -0.25) is 0 Å². The summed E-state index contributed by atoms with van der Waals surface area (Å²) in [6.45, 7) is 0. The van der Waals surface area contributed by atoms with Crippen LogP contribution in [0, 0.1) is 0 Å². The van der Waals surface area contributed by atoms with E-state index >= 15 is 0 Å². The molecule has 0 aliphatic carbocycles. The van der Waals surface area contributed by atoms with Gasteiger partial charge in [0.2, 0.25) is 0 Å². The lowest BCUT2D eigenvalue weighted by atomic mass is 10.1. The summed E-state index contributed by atoms with van der Waals surface area (Å²) in [5.74, 6) is -2.42. The second-order valence-electron chi connectivity index (χ2n) is 6.59. The Morgan fingerprint density at radius 3 is 2.39 bits per heavy atom. The molecule has 0 radical (unpaired) electrons. The fourth-order valence-electron chi connectivity index (χ4n) is 3.11. The third-order valence-corrected chi connectivity index (χ3v) is 4.94. The number of aromatic nitrogens is 1. The fraction of sp³-hybridized carbons (Fsp3) is 0.200. The number of esters is 2. The third-order valence-electron chi connectivity index (χ3n) is 4.57. The summed E-state index contributed by atoms with van der Waals surface area (Å²) in [5.41, 5.74) is 1.50. The maximum absolute atomic E-state index is 11.6. The zero-order chi connectivity index (χ0) is 19.9. The van der Waals surface area contributed by atoms with Crippen LogP contribution in [0.5, 0.6) is 11.5 Å². The van der Waals surface area contributed by atoms with Gasteiger partial charge in [0.15, 0.2) is 0 Å². The molecule has 2 heterocycles. The number of para-hydroxylation sites is 1.